The van der Waals surface area contributed by atoms with Crippen molar-refractivity contribution in [2.75, 3.05) is 19.8 Å². The summed E-state index contributed by atoms with van der Waals surface area (Å²) in [5.41, 5.74) is 0.587. The molecule has 0 aromatic heterocycles. The molecule has 0 unspecified atom stereocenters. The third-order valence-corrected chi connectivity index (χ3v) is 8.46. The van der Waals surface area contributed by atoms with Crippen molar-refractivity contribution in [3.8, 4) is 0 Å². The van der Waals surface area contributed by atoms with E-state index < -0.39 is 53.6 Å². The van der Waals surface area contributed by atoms with Crippen LogP contribution in [0.4, 0.5) is 0 Å². The maximum atomic E-state index is 13.7. The Balaban J connectivity index is 1.86. The predicted octanol–water partition coefficient (Wildman–Crippen LogP) is 5.76. The number of unbranched alkanes of at least 4 members (excludes halogenated alkanes) is 4. The first-order valence-electron chi connectivity index (χ1n) is 17.8. The van der Waals surface area contributed by atoms with Gasteiger partial charge in [-0.05, 0) is 63.8 Å². The second-order valence-electron chi connectivity index (χ2n) is 13.8. The standard InChI is InChI=1S/C38H57NO10/c1-6-8-12-19-38(20-13-9-7-2)47-32-25-28(35(43)39-29(26-41)16-17-33(42)48-37(3,4)5)24-31(34(32)49-38)46-36(44)30-15-11-10-14-27(30)18-22-45-23-21-40/h10-11,14-15,18,22,25,29,31-32,34,40-41H,6-9,12-13,16-17,19-21,23-24,26H2,1-5H3,(H,39,43)/t29-,31+,32+,34-/m0/s1. The smallest absolute Gasteiger partial charge is 0.339 e. The summed E-state index contributed by atoms with van der Waals surface area (Å²) in [5, 5.41) is 21.9. The minimum Gasteiger partial charge on any atom is -0.499 e. The van der Waals surface area contributed by atoms with Crippen molar-refractivity contribution in [1.82, 2.24) is 5.32 Å². The molecule has 1 aliphatic carbocycles. The fourth-order valence-corrected chi connectivity index (χ4v) is 6.04. The van der Waals surface area contributed by atoms with Crippen LogP contribution >= 0.6 is 0 Å². The third kappa shape index (κ3) is 12.9. The molecule has 1 amide bonds. The number of rotatable bonds is 20. The number of esters is 2. The number of amides is 1. The van der Waals surface area contributed by atoms with Gasteiger partial charge in [-0.3, -0.25) is 9.59 Å². The number of aliphatic hydroxyl groups is 2. The molecule has 4 atom stereocenters. The second-order valence-corrected chi connectivity index (χ2v) is 13.8. The van der Waals surface area contributed by atoms with E-state index in [0.29, 0.717) is 29.5 Å². The van der Waals surface area contributed by atoms with E-state index in [2.05, 4.69) is 19.2 Å². The van der Waals surface area contributed by atoms with E-state index >= 15 is 0 Å². The Hall–Kier alpha value is -3.25. The molecule has 11 heteroatoms. The number of hydrogen-bond acceptors (Lipinski definition) is 10. The van der Waals surface area contributed by atoms with E-state index in [-0.39, 0.29) is 39.1 Å². The Bertz CT molecular complexity index is 1260. The van der Waals surface area contributed by atoms with E-state index in [9.17, 15) is 19.5 Å². The summed E-state index contributed by atoms with van der Waals surface area (Å²) < 4.78 is 30.2. The summed E-state index contributed by atoms with van der Waals surface area (Å²) in [7, 11) is 0. The first-order chi connectivity index (χ1) is 23.4. The lowest BCUT2D eigenvalue weighted by molar-refractivity contribution is -0.190. The van der Waals surface area contributed by atoms with Crippen LogP contribution in [-0.2, 0) is 33.3 Å². The zero-order chi connectivity index (χ0) is 35.9. The number of benzene rings is 1. The SMILES string of the molecule is CCCCCC1(CCCCC)O[C@@H]2[C@@H](C=C(C(=O)N[C@H](CO)CCC(=O)OC(C)(C)C)C[C@H]2OC(=O)c2ccccc2C=COCCO)O1. The van der Waals surface area contributed by atoms with E-state index in [1.165, 1.54) is 6.26 Å². The van der Waals surface area contributed by atoms with Crippen molar-refractivity contribution >= 4 is 23.9 Å². The highest BCUT2D eigenvalue weighted by Crippen LogP contribution is 2.43. The molecule has 1 saturated heterocycles. The number of carbonyl (C=O) groups is 3. The van der Waals surface area contributed by atoms with Gasteiger partial charge in [0.15, 0.2) is 5.79 Å². The maximum absolute atomic E-state index is 13.7. The Morgan fingerprint density at radius 2 is 1.73 bits per heavy atom. The molecule has 0 bridgehead atoms. The van der Waals surface area contributed by atoms with Gasteiger partial charge in [0, 0.05) is 31.3 Å². The minimum atomic E-state index is -0.863. The lowest BCUT2D eigenvalue weighted by Crippen LogP contribution is -2.45. The van der Waals surface area contributed by atoms with E-state index in [4.69, 9.17) is 28.8 Å². The fraction of sp³-hybridized carbons (Fsp3) is 0.658. The molecule has 1 aromatic carbocycles. The minimum absolute atomic E-state index is 0.0284. The highest BCUT2D eigenvalue weighted by molar-refractivity contribution is 5.95. The average Bonchev–Trinajstić information content (AvgIpc) is 3.43. The summed E-state index contributed by atoms with van der Waals surface area (Å²) in [6.07, 6.45) is 10.3. The highest BCUT2D eigenvalue weighted by Gasteiger charge is 2.52. The van der Waals surface area contributed by atoms with Gasteiger partial charge in [-0.15, -0.1) is 0 Å². The number of hydrogen-bond donors (Lipinski definition) is 3. The summed E-state index contributed by atoms with van der Waals surface area (Å²) in [5.74, 6) is -2.30. The average molecular weight is 688 g/mol. The molecule has 0 radical (unpaired) electrons. The van der Waals surface area contributed by atoms with Gasteiger partial charge in [-0.25, -0.2) is 4.79 Å². The Morgan fingerprint density at radius 3 is 2.37 bits per heavy atom. The highest BCUT2D eigenvalue weighted by atomic mass is 16.8. The van der Waals surface area contributed by atoms with Crippen LogP contribution in [0.3, 0.4) is 0 Å². The molecule has 11 nitrogen and oxygen atoms in total. The van der Waals surface area contributed by atoms with Crippen LogP contribution in [0.25, 0.3) is 6.08 Å². The van der Waals surface area contributed by atoms with Crippen LogP contribution in [0.1, 0.15) is 121 Å². The number of ether oxygens (including phenoxy) is 5. The molecular weight excluding hydrogens is 630 g/mol. The van der Waals surface area contributed by atoms with Gasteiger partial charge in [0.1, 0.15) is 30.5 Å². The van der Waals surface area contributed by atoms with Crippen molar-refractivity contribution in [3.05, 3.63) is 53.3 Å². The topological polar surface area (TPSA) is 150 Å². The van der Waals surface area contributed by atoms with Crippen LogP contribution in [0.15, 0.2) is 42.2 Å². The molecule has 274 valence electrons. The van der Waals surface area contributed by atoms with Crippen molar-refractivity contribution in [3.63, 3.8) is 0 Å². The van der Waals surface area contributed by atoms with Crippen molar-refractivity contribution in [1.29, 1.82) is 0 Å². The number of aliphatic hydroxyl groups excluding tert-OH is 2. The number of fused-ring (bicyclic) bond motifs is 1. The van der Waals surface area contributed by atoms with Crippen molar-refractivity contribution < 1.29 is 48.3 Å². The first-order valence-corrected chi connectivity index (χ1v) is 17.8. The van der Waals surface area contributed by atoms with Crippen LogP contribution < -0.4 is 5.32 Å². The van der Waals surface area contributed by atoms with Crippen molar-refractivity contribution in [2.24, 2.45) is 0 Å². The van der Waals surface area contributed by atoms with E-state index in [1.807, 2.05) is 0 Å². The van der Waals surface area contributed by atoms with Crippen LogP contribution in [0.2, 0.25) is 0 Å². The summed E-state index contributed by atoms with van der Waals surface area (Å²) in [4.78, 5) is 39.7. The lowest BCUT2D eigenvalue weighted by Gasteiger charge is -2.31. The first kappa shape index (κ1) is 40.2. The molecule has 0 saturated carbocycles. The maximum Gasteiger partial charge on any atom is 0.339 e. The molecule has 49 heavy (non-hydrogen) atoms. The van der Waals surface area contributed by atoms with Gasteiger partial charge in [0.2, 0.25) is 5.91 Å². The van der Waals surface area contributed by atoms with Crippen LogP contribution in [-0.4, -0.2) is 83.6 Å². The summed E-state index contributed by atoms with van der Waals surface area (Å²) in [6, 6.07) is 6.25. The normalized spacial score (nSPS) is 20.7. The Kier molecular flexibility index (Phi) is 16.2. The quantitative estimate of drug-likeness (QED) is 0.0877. The second kappa shape index (κ2) is 19.8. The fourth-order valence-electron chi connectivity index (χ4n) is 6.04. The summed E-state index contributed by atoms with van der Waals surface area (Å²) in [6.45, 7) is 9.25. The molecule has 1 aliphatic heterocycles. The molecule has 3 N–H and O–H groups in total. The largest absolute Gasteiger partial charge is 0.499 e. The van der Waals surface area contributed by atoms with Crippen molar-refractivity contribution in [2.45, 2.75) is 141 Å². The lowest BCUT2D eigenvalue weighted by atomic mass is 9.91. The molecule has 1 heterocycles. The molecule has 1 aromatic rings. The van der Waals surface area contributed by atoms with Gasteiger partial charge in [-0.2, -0.15) is 0 Å². The molecule has 3 rings (SSSR count). The molecular formula is C38H57NO10. The molecule has 1 fully saturated rings. The zero-order valence-electron chi connectivity index (χ0n) is 29.9. The summed E-state index contributed by atoms with van der Waals surface area (Å²) >= 11 is 0. The van der Waals surface area contributed by atoms with Gasteiger partial charge < -0.3 is 39.2 Å². The Morgan fingerprint density at radius 1 is 1.04 bits per heavy atom. The van der Waals surface area contributed by atoms with Gasteiger partial charge in [-0.1, -0.05) is 57.7 Å². The van der Waals surface area contributed by atoms with E-state index in [0.717, 1.165) is 38.5 Å². The van der Waals surface area contributed by atoms with Crippen LogP contribution in [0.5, 0.6) is 0 Å². The van der Waals surface area contributed by atoms with E-state index in [1.54, 1.807) is 57.2 Å². The monoisotopic (exact) mass is 687 g/mol. The van der Waals surface area contributed by atoms with Gasteiger partial charge >= 0.3 is 11.9 Å². The number of nitrogens with one attached hydrogen (secondary N) is 1. The molecule has 2 aliphatic rings. The number of carbonyl (C=O) groups excluding carboxylic acids is 3. The molecule has 0 spiro atoms. The Labute approximate surface area is 291 Å². The van der Waals surface area contributed by atoms with Crippen LogP contribution in [0, 0.1) is 0 Å². The van der Waals surface area contributed by atoms with Gasteiger partial charge in [0.25, 0.3) is 0 Å². The van der Waals surface area contributed by atoms with Gasteiger partial charge in [0.05, 0.1) is 31.1 Å². The predicted molar refractivity (Wildman–Crippen MR) is 185 cm³/mol. The third-order valence-electron chi connectivity index (χ3n) is 8.46. The zero-order valence-corrected chi connectivity index (χ0v) is 29.9.